The second-order valence-electron chi connectivity index (χ2n) is 4.91. The first-order valence-corrected chi connectivity index (χ1v) is 7.98. The van der Waals surface area contributed by atoms with Crippen LogP contribution in [0.1, 0.15) is 0 Å². The molecule has 10 heteroatoms. The Balaban J connectivity index is 2.09. The molecule has 3 N–H and O–H groups in total. The minimum atomic E-state index is -0.450. The first-order chi connectivity index (χ1) is 11.9. The number of aromatic amines is 2. The molecule has 2 aromatic heterocycles. The van der Waals surface area contributed by atoms with Crippen molar-refractivity contribution in [1.82, 2.24) is 20.0 Å². The molecule has 0 aliphatic carbocycles. The molecule has 3 rings (SSSR count). The molecule has 0 unspecified atom stereocenters. The van der Waals surface area contributed by atoms with Crippen molar-refractivity contribution in [2.24, 2.45) is 0 Å². The number of carbonyl (C=O) groups excluding carboxylic acids is 1. The first-order valence-electron chi connectivity index (χ1n) is 6.85. The lowest BCUT2D eigenvalue weighted by atomic mass is 10.1. The number of nitrogens with one attached hydrogen (secondary N) is 3. The van der Waals surface area contributed by atoms with Crippen LogP contribution in [0.3, 0.4) is 0 Å². The monoisotopic (exact) mass is 397 g/mol. The molecule has 0 saturated carbocycles. The van der Waals surface area contributed by atoms with Crippen molar-refractivity contribution < 1.29 is 4.79 Å². The maximum Gasteiger partial charge on any atom is 0.271 e. The smallest absolute Gasteiger partial charge is 0.271 e. The van der Waals surface area contributed by atoms with E-state index in [1.807, 2.05) is 0 Å². The molecule has 0 atom stereocenters. The van der Waals surface area contributed by atoms with Gasteiger partial charge in [-0.05, 0) is 18.2 Å². The third-order valence-corrected chi connectivity index (χ3v) is 4.10. The highest BCUT2D eigenvalue weighted by atomic mass is 35.5. The summed E-state index contributed by atoms with van der Waals surface area (Å²) < 4.78 is 1.19. The number of nitrogens with zero attached hydrogens (tertiary/aromatic N) is 2. The van der Waals surface area contributed by atoms with Crippen molar-refractivity contribution >= 4 is 46.5 Å². The van der Waals surface area contributed by atoms with E-state index >= 15 is 0 Å². The van der Waals surface area contributed by atoms with Crippen LogP contribution >= 0.6 is 34.8 Å². The fraction of sp³-hybridized carbons (Fsp3) is 0. The normalized spacial score (nSPS) is 10.7. The molecule has 128 valence electrons. The Kier molecular flexibility index (Phi) is 4.71. The van der Waals surface area contributed by atoms with Crippen molar-refractivity contribution in [1.29, 1.82) is 0 Å². The van der Waals surface area contributed by atoms with Gasteiger partial charge in [0.2, 0.25) is 5.91 Å². The molecule has 25 heavy (non-hydrogen) atoms. The second kappa shape index (κ2) is 6.79. The Labute approximate surface area is 156 Å². The van der Waals surface area contributed by atoms with Crippen LogP contribution in [-0.4, -0.2) is 25.9 Å². The van der Waals surface area contributed by atoms with E-state index in [-0.39, 0.29) is 5.82 Å². The van der Waals surface area contributed by atoms with Gasteiger partial charge in [0.25, 0.3) is 5.56 Å². The molecular weight excluding hydrogens is 389 g/mol. The van der Waals surface area contributed by atoms with Gasteiger partial charge in [-0.3, -0.25) is 19.8 Å². The van der Waals surface area contributed by atoms with Crippen LogP contribution < -0.4 is 10.9 Å². The second-order valence-corrected chi connectivity index (χ2v) is 6.16. The van der Waals surface area contributed by atoms with E-state index in [4.69, 9.17) is 34.8 Å². The Hall–Kier alpha value is -2.48. The minimum Gasteiger partial charge on any atom is -0.306 e. The number of H-pyrrole nitrogens is 2. The minimum absolute atomic E-state index is 0.230. The summed E-state index contributed by atoms with van der Waals surface area (Å²) in [5.74, 6) is -0.220. The number of hydrogen-bond donors (Lipinski definition) is 3. The zero-order valence-electron chi connectivity index (χ0n) is 12.4. The van der Waals surface area contributed by atoms with E-state index in [0.717, 1.165) is 6.08 Å². The van der Waals surface area contributed by atoms with Gasteiger partial charge in [0.1, 0.15) is 5.69 Å². The largest absolute Gasteiger partial charge is 0.306 e. The molecule has 0 aliphatic rings. The predicted molar refractivity (Wildman–Crippen MR) is 97.8 cm³/mol. The SMILES string of the molecule is C=CC(=O)Nc1[nH]ncc1-n1[nH]c(-c2c(Cl)cc(Cl)cc2Cl)cc1=O. The molecule has 0 spiro atoms. The van der Waals surface area contributed by atoms with E-state index in [1.54, 1.807) is 0 Å². The highest BCUT2D eigenvalue weighted by Crippen LogP contribution is 2.36. The van der Waals surface area contributed by atoms with Gasteiger partial charge in [-0.1, -0.05) is 41.4 Å². The predicted octanol–water partition coefficient (Wildman–Crippen LogP) is 3.64. The lowest BCUT2D eigenvalue weighted by molar-refractivity contribution is -0.111. The maximum absolute atomic E-state index is 12.4. The van der Waals surface area contributed by atoms with Crippen LogP contribution in [0.4, 0.5) is 5.82 Å². The molecule has 2 heterocycles. The molecule has 0 bridgehead atoms. The van der Waals surface area contributed by atoms with Crippen LogP contribution in [0.2, 0.25) is 15.1 Å². The Morgan fingerprint density at radius 1 is 1.24 bits per heavy atom. The summed E-state index contributed by atoms with van der Waals surface area (Å²) in [7, 11) is 0. The number of amides is 1. The number of rotatable bonds is 4. The first kappa shape index (κ1) is 17.3. The molecule has 7 nitrogen and oxygen atoms in total. The Morgan fingerprint density at radius 2 is 1.92 bits per heavy atom. The van der Waals surface area contributed by atoms with Gasteiger partial charge >= 0.3 is 0 Å². The number of anilines is 1. The van der Waals surface area contributed by atoms with Gasteiger partial charge in [-0.2, -0.15) is 5.10 Å². The average Bonchev–Trinajstić information content (AvgIpc) is 3.12. The lowest BCUT2D eigenvalue weighted by Crippen LogP contribution is -2.16. The number of halogens is 3. The standard InChI is InChI=1S/C15H10Cl3N5O2/c1-2-12(24)20-15-11(6-19-21-15)23-13(25)5-10(22-23)14-8(17)3-7(16)4-9(14)18/h2-6,22H,1H2,(H2,19,20,21,24). The van der Waals surface area contributed by atoms with Crippen molar-refractivity contribution in [3.8, 4) is 16.9 Å². The van der Waals surface area contributed by atoms with Gasteiger partial charge in [0.05, 0.1) is 21.9 Å². The molecule has 1 amide bonds. The van der Waals surface area contributed by atoms with Gasteiger partial charge in [0.15, 0.2) is 5.82 Å². The Morgan fingerprint density at radius 3 is 2.56 bits per heavy atom. The summed E-state index contributed by atoms with van der Waals surface area (Å²) in [5.41, 5.74) is 0.739. The third-order valence-electron chi connectivity index (χ3n) is 3.29. The third kappa shape index (κ3) is 3.34. The van der Waals surface area contributed by atoms with Crippen LogP contribution in [0.25, 0.3) is 16.9 Å². The van der Waals surface area contributed by atoms with Crippen molar-refractivity contribution in [2.45, 2.75) is 0 Å². The van der Waals surface area contributed by atoms with Gasteiger partial charge in [-0.25, -0.2) is 4.68 Å². The van der Waals surface area contributed by atoms with Gasteiger partial charge < -0.3 is 5.32 Å². The fourth-order valence-electron chi connectivity index (χ4n) is 2.22. The van der Waals surface area contributed by atoms with Crippen molar-refractivity contribution in [3.63, 3.8) is 0 Å². The molecule has 3 aromatic rings. The average molecular weight is 399 g/mol. The van der Waals surface area contributed by atoms with Crippen molar-refractivity contribution in [3.05, 3.63) is 62.5 Å². The zero-order chi connectivity index (χ0) is 18.1. The number of hydrogen-bond acceptors (Lipinski definition) is 3. The van der Waals surface area contributed by atoms with Crippen LogP contribution in [-0.2, 0) is 4.79 Å². The number of aromatic nitrogens is 4. The highest BCUT2D eigenvalue weighted by molar-refractivity contribution is 6.41. The fourth-order valence-corrected chi connectivity index (χ4v) is 3.24. The molecule has 0 aliphatic heterocycles. The summed E-state index contributed by atoms with van der Waals surface area (Å²) in [6.07, 6.45) is 2.48. The zero-order valence-corrected chi connectivity index (χ0v) is 14.7. The maximum atomic E-state index is 12.4. The van der Waals surface area contributed by atoms with Crippen LogP contribution in [0.5, 0.6) is 0 Å². The van der Waals surface area contributed by atoms with E-state index in [1.165, 1.54) is 29.1 Å². The van der Waals surface area contributed by atoms with Crippen LogP contribution in [0, 0.1) is 0 Å². The summed E-state index contributed by atoms with van der Waals surface area (Å²) in [6, 6.07) is 4.37. The van der Waals surface area contributed by atoms with E-state index < -0.39 is 11.5 Å². The Bertz CT molecular complexity index is 1010. The molecule has 0 fully saturated rings. The highest BCUT2D eigenvalue weighted by Gasteiger charge is 2.17. The summed E-state index contributed by atoms with van der Waals surface area (Å²) >= 11 is 18.3. The summed E-state index contributed by atoms with van der Waals surface area (Å²) in [5, 5.41) is 12.8. The van der Waals surface area contributed by atoms with Crippen molar-refractivity contribution in [2.75, 3.05) is 5.32 Å². The summed E-state index contributed by atoms with van der Waals surface area (Å²) in [4.78, 5) is 23.8. The van der Waals surface area contributed by atoms with E-state index in [2.05, 4.69) is 27.2 Å². The molecular formula is C15H10Cl3N5O2. The van der Waals surface area contributed by atoms with E-state index in [9.17, 15) is 9.59 Å². The lowest BCUT2D eigenvalue weighted by Gasteiger charge is -2.07. The molecule has 1 aromatic carbocycles. The summed E-state index contributed by atoms with van der Waals surface area (Å²) in [6.45, 7) is 3.37. The quantitative estimate of drug-likeness (QED) is 0.585. The van der Waals surface area contributed by atoms with Crippen LogP contribution in [0.15, 0.2) is 41.8 Å². The van der Waals surface area contributed by atoms with Gasteiger partial charge in [-0.15, -0.1) is 0 Å². The van der Waals surface area contributed by atoms with E-state index in [0.29, 0.717) is 32.0 Å². The number of carbonyl (C=O) groups is 1. The topological polar surface area (TPSA) is 95.6 Å². The number of benzene rings is 1. The molecule has 0 radical (unpaired) electrons. The molecule has 0 saturated heterocycles. The van der Waals surface area contributed by atoms with Gasteiger partial charge in [0, 0.05) is 16.7 Å².